The zero-order chi connectivity index (χ0) is 12.8. The molecule has 2 rings (SSSR count). The fraction of sp³-hybridized carbons (Fsp3) is 0.308. The van der Waals surface area contributed by atoms with E-state index >= 15 is 0 Å². The predicted octanol–water partition coefficient (Wildman–Crippen LogP) is 2.37. The molecule has 0 bridgehead atoms. The van der Waals surface area contributed by atoms with Gasteiger partial charge < -0.3 is 10.1 Å². The summed E-state index contributed by atoms with van der Waals surface area (Å²) >= 11 is 0. The fourth-order valence-corrected chi connectivity index (χ4v) is 1.52. The van der Waals surface area contributed by atoms with Gasteiger partial charge in [0.2, 0.25) is 11.8 Å². The summed E-state index contributed by atoms with van der Waals surface area (Å²) in [5.41, 5.74) is 1.81. The van der Waals surface area contributed by atoms with Crippen molar-refractivity contribution in [3.63, 3.8) is 0 Å². The van der Waals surface area contributed by atoms with E-state index in [2.05, 4.69) is 27.2 Å². The van der Waals surface area contributed by atoms with E-state index in [1.807, 2.05) is 18.2 Å². The van der Waals surface area contributed by atoms with Crippen LogP contribution in [-0.4, -0.2) is 28.6 Å². The highest BCUT2D eigenvalue weighted by Crippen LogP contribution is 2.20. The number of hydrogen-bond donors (Lipinski definition) is 1. The summed E-state index contributed by atoms with van der Waals surface area (Å²) in [6, 6.07) is 5.62. The Kier molecular flexibility index (Phi) is 4.06. The highest BCUT2D eigenvalue weighted by Gasteiger charge is 2.03. The van der Waals surface area contributed by atoms with Crippen molar-refractivity contribution in [2.75, 3.05) is 19.0 Å². The molecule has 0 saturated carbocycles. The van der Waals surface area contributed by atoms with E-state index in [-0.39, 0.29) is 0 Å². The van der Waals surface area contributed by atoms with Gasteiger partial charge >= 0.3 is 0 Å². The monoisotopic (exact) mass is 244 g/mol. The summed E-state index contributed by atoms with van der Waals surface area (Å²) in [7, 11) is 1.60. The number of nitrogens with one attached hydrogen (secondary N) is 1. The van der Waals surface area contributed by atoms with Crippen molar-refractivity contribution in [1.29, 1.82) is 0 Å². The first-order chi connectivity index (χ1) is 8.83. The summed E-state index contributed by atoms with van der Waals surface area (Å²) < 4.78 is 5.10. The summed E-state index contributed by atoms with van der Waals surface area (Å²) in [6.07, 6.45) is 4.49. The average molecular weight is 244 g/mol. The van der Waals surface area contributed by atoms with Crippen LogP contribution in [-0.2, 0) is 0 Å². The van der Waals surface area contributed by atoms with Gasteiger partial charge in [0.15, 0.2) is 0 Å². The second-order valence-electron chi connectivity index (χ2n) is 3.78. The number of pyridine rings is 1. The van der Waals surface area contributed by atoms with Crippen molar-refractivity contribution >= 4 is 5.95 Å². The minimum atomic E-state index is 0.578. The fourth-order valence-electron chi connectivity index (χ4n) is 1.52. The molecular weight excluding hydrogens is 228 g/mol. The molecule has 94 valence electrons. The summed E-state index contributed by atoms with van der Waals surface area (Å²) in [6.45, 7) is 2.97. The highest BCUT2D eigenvalue weighted by molar-refractivity contribution is 5.60. The summed E-state index contributed by atoms with van der Waals surface area (Å²) in [5, 5.41) is 3.16. The van der Waals surface area contributed by atoms with Crippen molar-refractivity contribution in [2.45, 2.75) is 13.3 Å². The van der Waals surface area contributed by atoms with Crippen LogP contribution in [0.15, 0.2) is 30.6 Å². The summed E-state index contributed by atoms with van der Waals surface area (Å²) in [5.74, 6) is 1.22. The first-order valence-electron chi connectivity index (χ1n) is 5.91. The lowest BCUT2D eigenvalue weighted by Gasteiger charge is -2.06. The third-order valence-electron chi connectivity index (χ3n) is 2.43. The molecule has 0 amide bonds. The van der Waals surface area contributed by atoms with Crippen LogP contribution in [0.1, 0.15) is 13.3 Å². The molecule has 0 unspecified atom stereocenters. The van der Waals surface area contributed by atoms with E-state index in [1.165, 1.54) is 0 Å². The molecule has 0 aliphatic carbocycles. The Balaban J connectivity index is 2.26. The van der Waals surface area contributed by atoms with Crippen LogP contribution in [0.2, 0.25) is 0 Å². The number of nitrogens with zero attached hydrogens (tertiary/aromatic N) is 3. The maximum absolute atomic E-state index is 5.10. The lowest BCUT2D eigenvalue weighted by atomic mass is 10.2. The van der Waals surface area contributed by atoms with Crippen LogP contribution in [0.25, 0.3) is 11.3 Å². The molecule has 0 atom stereocenters. The third kappa shape index (κ3) is 2.94. The van der Waals surface area contributed by atoms with Gasteiger partial charge in [0.05, 0.1) is 12.8 Å². The SMILES string of the molecule is CCCNc1nccc(-c2ccnc(OC)c2)n1. The molecule has 0 fully saturated rings. The van der Waals surface area contributed by atoms with Crippen LogP contribution in [0.5, 0.6) is 5.88 Å². The van der Waals surface area contributed by atoms with Gasteiger partial charge in [-0.05, 0) is 18.6 Å². The maximum Gasteiger partial charge on any atom is 0.223 e. The van der Waals surface area contributed by atoms with Gasteiger partial charge in [-0.2, -0.15) is 0 Å². The second kappa shape index (κ2) is 5.95. The Morgan fingerprint density at radius 2 is 2.06 bits per heavy atom. The van der Waals surface area contributed by atoms with Gasteiger partial charge in [0.25, 0.3) is 0 Å². The van der Waals surface area contributed by atoms with Crippen molar-refractivity contribution < 1.29 is 4.74 Å². The minimum absolute atomic E-state index is 0.578. The number of methoxy groups -OCH3 is 1. The van der Waals surface area contributed by atoms with Crippen molar-refractivity contribution in [3.8, 4) is 17.1 Å². The molecule has 0 aromatic carbocycles. The van der Waals surface area contributed by atoms with E-state index in [0.29, 0.717) is 11.8 Å². The molecule has 2 aromatic heterocycles. The standard InChI is InChI=1S/C13H16N4O/c1-3-6-15-13-16-8-5-11(17-13)10-4-7-14-12(9-10)18-2/h4-5,7-9H,3,6H2,1-2H3,(H,15,16,17). The van der Waals surface area contributed by atoms with Gasteiger partial charge in [0, 0.05) is 30.6 Å². The lowest BCUT2D eigenvalue weighted by Crippen LogP contribution is -2.04. The first-order valence-corrected chi connectivity index (χ1v) is 5.91. The Morgan fingerprint density at radius 3 is 2.83 bits per heavy atom. The number of hydrogen-bond acceptors (Lipinski definition) is 5. The molecule has 0 spiro atoms. The van der Waals surface area contributed by atoms with Crippen molar-refractivity contribution in [3.05, 3.63) is 30.6 Å². The molecular formula is C13H16N4O. The Bertz CT molecular complexity index is 516. The summed E-state index contributed by atoms with van der Waals surface area (Å²) in [4.78, 5) is 12.7. The van der Waals surface area contributed by atoms with Gasteiger partial charge in [-0.3, -0.25) is 0 Å². The number of ether oxygens (including phenoxy) is 1. The molecule has 2 aromatic rings. The first kappa shape index (κ1) is 12.3. The predicted molar refractivity (Wildman–Crippen MR) is 70.6 cm³/mol. The normalized spacial score (nSPS) is 10.1. The van der Waals surface area contributed by atoms with E-state index in [4.69, 9.17) is 4.74 Å². The molecule has 0 aliphatic heterocycles. The Morgan fingerprint density at radius 1 is 1.22 bits per heavy atom. The highest BCUT2D eigenvalue weighted by atomic mass is 16.5. The van der Waals surface area contributed by atoms with Crippen molar-refractivity contribution in [2.24, 2.45) is 0 Å². The van der Waals surface area contributed by atoms with Gasteiger partial charge in [-0.25, -0.2) is 15.0 Å². The largest absolute Gasteiger partial charge is 0.481 e. The van der Waals surface area contributed by atoms with E-state index < -0.39 is 0 Å². The molecule has 5 nitrogen and oxygen atoms in total. The van der Waals surface area contributed by atoms with Crippen molar-refractivity contribution in [1.82, 2.24) is 15.0 Å². The second-order valence-corrected chi connectivity index (χ2v) is 3.78. The number of rotatable bonds is 5. The van der Waals surface area contributed by atoms with Crippen LogP contribution >= 0.6 is 0 Å². The quantitative estimate of drug-likeness (QED) is 0.875. The zero-order valence-corrected chi connectivity index (χ0v) is 10.6. The maximum atomic E-state index is 5.10. The van der Waals surface area contributed by atoms with Gasteiger partial charge in [-0.1, -0.05) is 6.92 Å². The Labute approximate surface area is 106 Å². The zero-order valence-electron chi connectivity index (χ0n) is 10.6. The molecule has 18 heavy (non-hydrogen) atoms. The topological polar surface area (TPSA) is 59.9 Å². The van der Waals surface area contributed by atoms with Gasteiger partial charge in [0.1, 0.15) is 0 Å². The average Bonchev–Trinajstić information content (AvgIpc) is 2.45. The minimum Gasteiger partial charge on any atom is -0.481 e. The van der Waals surface area contributed by atoms with E-state index in [9.17, 15) is 0 Å². The Hall–Kier alpha value is -2.17. The van der Waals surface area contributed by atoms with Crippen LogP contribution < -0.4 is 10.1 Å². The molecule has 2 heterocycles. The number of anilines is 1. The molecule has 5 heteroatoms. The number of aromatic nitrogens is 3. The smallest absolute Gasteiger partial charge is 0.223 e. The van der Waals surface area contributed by atoms with Gasteiger partial charge in [-0.15, -0.1) is 0 Å². The third-order valence-corrected chi connectivity index (χ3v) is 2.43. The van der Waals surface area contributed by atoms with Crippen LogP contribution in [0.3, 0.4) is 0 Å². The molecule has 0 saturated heterocycles. The van der Waals surface area contributed by atoms with E-state index in [1.54, 1.807) is 19.5 Å². The molecule has 0 radical (unpaired) electrons. The molecule has 0 aliphatic rings. The van der Waals surface area contributed by atoms with Crippen LogP contribution in [0, 0.1) is 0 Å². The molecule has 1 N–H and O–H groups in total. The van der Waals surface area contributed by atoms with E-state index in [0.717, 1.165) is 24.2 Å². The lowest BCUT2D eigenvalue weighted by molar-refractivity contribution is 0.398. The van der Waals surface area contributed by atoms with Crippen LogP contribution in [0.4, 0.5) is 5.95 Å².